The molecule has 0 saturated carbocycles. The van der Waals surface area contributed by atoms with E-state index in [4.69, 9.17) is 25.4 Å². The van der Waals surface area contributed by atoms with Gasteiger partial charge in [-0.25, -0.2) is 9.36 Å². The van der Waals surface area contributed by atoms with Crippen LogP contribution in [0.5, 0.6) is 0 Å². The summed E-state index contributed by atoms with van der Waals surface area (Å²) in [5.41, 5.74) is 6.00. The van der Waals surface area contributed by atoms with Crippen LogP contribution in [0.25, 0.3) is 0 Å². The van der Waals surface area contributed by atoms with Crippen LogP contribution in [-0.4, -0.2) is 69.6 Å². The SMILES string of the molecule is CC(CC(N)C(=O)O[C@H]1O[C@H](CO)[C@@H](O)[C@H]1O)C[n+]1cccc(C(=O)O)c1. The standard InChI is InChI=1S/C17H24N2O8/c1-9(6-19-4-2-3-10(7-19)15(23)24)5-11(18)16(25)27-17-14(22)13(21)12(8-20)26-17/h2-4,7,9,11-14,17,20-22H,5-6,8,18H2,1H3/p+1/t9?,11?,12-,13-,14-,17-/m1/s1. The van der Waals surface area contributed by atoms with Crippen LogP contribution in [0.1, 0.15) is 23.7 Å². The fourth-order valence-electron chi connectivity index (χ4n) is 2.89. The van der Waals surface area contributed by atoms with Gasteiger partial charge in [0.2, 0.25) is 6.29 Å². The third-order valence-corrected chi connectivity index (χ3v) is 4.32. The third-order valence-electron chi connectivity index (χ3n) is 4.32. The summed E-state index contributed by atoms with van der Waals surface area (Å²) in [6.07, 6.45) is -1.81. The van der Waals surface area contributed by atoms with E-state index in [2.05, 4.69) is 0 Å². The number of aliphatic hydroxyl groups is 3. The van der Waals surface area contributed by atoms with E-state index in [0.29, 0.717) is 6.54 Å². The van der Waals surface area contributed by atoms with Crippen molar-refractivity contribution in [1.29, 1.82) is 0 Å². The van der Waals surface area contributed by atoms with Gasteiger partial charge in [0.05, 0.1) is 6.61 Å². The summed E-state index contributed by atoms with van der Waals surface area (Å²) < 4.78 is 11.8. The Balaban J connectivity index is 1.87. The smallest absolute Gasteiger partial charge is 0.341 e. The lowest BCUT2D eigenvalue weighted by atomic mass is 10.0. The van der Waals surface area contributed by atoms with Crippen molar-refractivity contribution >= 4 is 11.9 Å². The number of esters is 1. The van der Waals surface area contributed by atoms with Gasteiger partial charge in [0, 0.05) is 12.0 Å². The predicted molar refractivity (Wildman–Crippen MR) is 89.2 cm³/mol. The van der Waals surface area contributed by atoms with Crippen molar-refractivity contribution in [3.8, 4) is 0 Å². The number of ether oxygens (including phenoxy) is 2. The Morgan fingerprint density at radius 3 is 2.67 bits per heavy atom. The van der Waals surface area contributed by atoms with Gasteiger partial charge in [0.15, 0.2) is 18.9 Å². The Labute approximate surface area is 155 Å². The molecule has 150 valence electrons. The molecule has 0 spiro atoms. The zero-order valence-electron chi connectivity index (χ0n) is 14.8. The van der Waals surface area contributed by atoms with Crippen molar-refractivity contribution in [2.75, 3.05) is 6.61 Å². The minimum Gasteiger partial charge on any atom is -0.477 e. The summed E-state index contributed by atoms with van der Waals surface area (Å²) in [6.45, 7) is 1.76. The molecule has 0 aromatic carbocycles. The Kier molecular flexibility index (Phi) is 7.22. The van der Waals surface area contributed by atoms with Crippen molar-refractivity contribution in [1.82, 2.24) is 0 Å². The first-order valence-electron chi connectivity index (χ1n) is 8.53. The predicted octanol–water partition coefficient (Wildman–Crippen LogP) is -1.99. The lowest BCUT2D eigenvalue weighted by molar-refractivity contribution is -0.703. The molecule has 2 rings (SSSR count). The molecule has 10 nitrogen and oxygen atoms in total. The second-order valence-electron chi connectivity index (χ2n) is 6.69. The maximum Gasteiger partial charge on any atom is 0.341 e. The largest absolute Gasteiger partial charge is 0.477 e. The monoisotopic (exact) mass is 385 g/mol. The molecule has 0 bridgehead atoms. The summed E-state index contributed by atoms with van der Waals surface area (Å²) in [4.78, 5) is 23.1. The topological polar surface area (TPSA) is 163 Å². The van der Waals surface area contributed by atoms with E-state index in [1.165, 1.54) is 12.3 Å². The maximum absolute atomic E-state index is 12.1. The highest BCUT2D eigenvalue weighted by atomic mass is 16.7. The number of pyridine rings is 1. The highest BCUT2D eigenvalue weighted by Gasteiger charge is 2.45. The lowest BCUT2D eigenvalue weighted by Gasteiger charge is -2.19. The molecule has 1 aromatic heterocycles. The number of aromatic nitrogens is 1. The second kappa shape index (κ2) is 9.20. The van der Waals surface area contributed by atoms with Gasteiger partial charge in [-0.1, -0.05) is 6.92 Å². The first-order valence-corrected chi connectivity index (χ1v) is 8.53. The second-order valence-corrected chi connectivity index (χ2v) is 6.69. The number of carbonyl (C=O) groups excluding carboxylic acids is 1. The molecular formula is C17H25N2O8+. The average Bonchev–Trinajstić information content (AvgIpc) is 2.89. The summed E-state index contributed by atoms with van der Waals surface area (Å²) >= 11 is 0. The molecule has 0 aliphatic carbocycles. The van der Waals surface area contributed by atoms with Crippen LogP contribution in [0.15, 0.2) is 24.5 Å². The van der Waals surface area contributed by atoms with Crippen LogP contribution in [0.3, 0.4) is 0 Å². The minimum absolute atomic E-state index is 0.0770. The number of carboxylic acids is 1. The summed E-state index contributed by atoms with van der Waals surface area (Å²) in [6, 6.07) is 2.10. The van der Waals surface area contributed by atoms with Gasteiger partial charge in [-0.15, -0.1) is 0 Å². The van der Waals surface area contributed by atoms with Gasteiger partial charge in [-0.3, -0.25) is 4.79 Å². The number of carboxylic acid groups (broad SMARTS) is 1. The van der Waals surface area contributed by atoms with Crippen molar-refractivity contribution < 1.29 is 44.1 Å². The maximum atomic E-state index is 12.1. The minimum atomic E-state index is -1.47. The van der Waals surface area contributed by atoms with Crippen molar-refractivity contribution in [3.63, 3.8) is 0 Å². The van der Waals surface area contributed by atoms with Crippen LogP contribution < -0.4 is 10.3 Å². The number of aliphatic hydroxyl groups excluding tert-OH is 3. The first kappa shape index (κ1) is 21.2. The molecule has 0 radical (unpaired) electrons. The molecule has 2 unspecified atom stereocenters. The van der Waals surface area contributed by atoms with Gasteiger partial charge in [0.25, 0.3) is 0 Å². The van der Waals surface area contributed by atoms with E-state index in [1.807, 2.05) is 6.92 Å². The van der Waals surface area contributed by atoms with E-state index in [1.54, 1.807) is 16.8 Å². The van der Waals surface area contributed by atoms with Crippen LogP contribution in [0.4, 0.5) is 0 Å². The van der Waals surface area contributed by atoms with Gasteiger partial charge in [-0.05, 0) is 12.5 Å². The van der Waals surface area contributed by atoms with E-state index in [-0.39, 0.29) is 17.9 Å². The Morgan fingerprint density at radius 2 is 2.07 bits per heavy atom. The summed E-state index contributed by atoms with van der Waals surface area (Å²) in [5, 5.41) is 37.5. The fourth-order valence-corrected chi connectivity index (χ4v) is 2.89. The van der Waals surface area contributed by atoms with Gasteiger partial charge in [-0.2, -0.15) is 0 Å². The van der Waals surface area contributed by atoms with E-state index in [9.17, 15) is 19.8 Å². The van der Waals surface area contributed by atoms with Crippen molar-refractivity contribution in [2.24, 2.45) is 11.7 Å². The number of nitrogens with zero attached hydrogens (tertiary/aromatic N) is 1. The Bertz CT molecular complexity index is 670. The molecule has 27 heavy (non-hydrogen) atoms. The van der Waals surface area contributed by atoms with E-state index < -0.39 is 49.2 Å². The zero-order chi connectivity index (χ0) is 20.1. The third kappa shape index (κ3) is 5.44. The number of carbonyl (C=O) groups is 2. The molecule has 0 amide bonds. The fraction of sp³-hybridized carbons (Fsp3) is 0.588. The zero-order valence-corrected chi connectivity index (χ0v) is 14.8. The van der Waals surface area contributed by atoms with E-state index >= 15 is 0 Å². The summed E-state index contributed by atoms with van der Waals surface area (Å²) in [7, 11) is 0. The molecular weight excluding hydrogens is 360 g/mol. The average molecular weight is 385 g/mol. The molecule has 1 aromatic rings. The van der Waals surface area contributed by atoms with Crippen LogP contribution in [-0.2, 0) is 20.8 Å². The highest BCUT2D eigenvalue weighted by Crippen LogP contribution is 2.22. The lowest BCUT2D eigenvalue weighted by Crippen LogP contribution is -2.43. The Morgan fingerprint density at radius 1 is 1.37 bits per heavy atom. The number of aromatic carboxylic acids is 1. The quantitative estimate of drug-likeness (QED) is 0.252. The van der Waals surface area contributed by atoms with Gasteiger partial charge >= 0.3 is 11.9 Å². The first-order chi connectivity index (χ1) is 12.7. The number of hydrogen-bond donors (Lipinski definition) is 5. The molecule has 2 heterocycles. The Hall–Kier alpha value is -2.11. The molecule has 1 aliphatic rings. The summed E-state index contributed by atoms with van der Waals surface area (Å²) in [5.74, 6) is -1.91. The number of rotatable bonds is 8. The normalized spacial score (nSPS) is 27.1. The van der Waals surface area contributed by atoms with Crippen molar-refractivity contribution in [3.05, 3.63) is 30.1 Å². The molecule has 6 atom stereocenters. The highest BCUT2D eigenvalue weighted by molar-refractivity contribution is 5.86. The molecule has 1 fully saturated rings. The molecule has 6 N–H and O–H groups in total. The molecule has 1 aliphatic heterocycles. The van der Waals surface area contributed by atoms with Crippen LogP contribution in [0.2, 0.25) is 0 Å². The van der Waals surface area contributed by atoms with Gasteiger partial charge in [0.1, 0.15) is 29.9 Å². The number of hydrogen-bond acceptors (Lipinski definition) is 8. The number of nitrogens with two attached hydrogens (primary N) is 1. The molecule has 10 heteroatoms. The molecule has 1 saturated heterocycles. The van der Waals surface area contributed by atoms with Gasteiger partial charge < -0.3 is 35.6 Å². The van der Waals surface area contributed by atoms with Crippen LogP contribution >= 0.6 is 0 Å². The van der Waals surface area contributed by atoms with Crippen molar-refractivity contribution in [2.45, 2.75) is 50.5 Å². The van der Waals surface area contributed by atoms with E-state index in [0.717, 1.165) is 0 Å². The van der Waals surface area contributed by atoms with Crippen LogP contribution in [0, 0.1) is 5.92 Å².